The van der Waals surface area contributed by atoms with Crippen molar-refractivity contribution in [2.75, 3.05) is 46.4 Å². The average Bonchev–Trinajstić information content (AvgIpc) is 2.74. The zero-order valence-electron chi connectivity index (χ0n) is 16.5. The van der Waals surface area contributed by atoms with Crippen molar-refractivity contribution in [1.82, 2.24) is 9.80 Å². The van der Waals surface area contributed by atoms with Gasteiger partial charge in [0, 0.05) is 32.2 Å². The highest BCUT2D eigenvalue weighted by Crippen LogP contribution is 2.28. The average molecular weight is 368 g/mol. The molecule has 0 aromatic heterocycles. The van der Waals surface area contributed by atoms with E-state index in [1.165, 1.54) is 11.1 Å². The third kappa shape index (κ3) is 5.80. The summed E-state index contributed by atoms with van der Waals surface area (Å²) < 4.78 is 5.34. The standard InChI is InChI=1S/C23H33N3O/c1-27-22-11-9-21(10-12-22)23(13-8-20-6-3-2-4-7-20)26-18-16-25(17-19-26)15-5-14-24/h2-4,6-7,9-12,23H,5,8,13-19,24H2,1H3. The third-order valence-electron chi connectivity index (χ3n) is 5.58. The van der Waals surface area contributed by atoms with E-state index >= 15 is 0 Å². The Labute approximate surface area is 163 Å². The van der Waals surface area contributed by atoms with E-state index < -0.39 is 0 Å². The van der Waals surface area contributed by atoms with Gasteiger partial charge in [-0.1, -0.05) is 42.5 Å². The molecule has 0 spiro atoms. The molecule has 27 heavy (non-hydrogen) atoms. The minimum absolute atomic E-state index is 0.452. The largest absolute Gasteiger partial charge is 0.497 e. The van der Waals surface area contributed by atoms with Crippen LogP contribution in [0, 0.1) is 0 Å². The second-order valence-electron chi connectivity index (χ2n) is 7.33. The number of hydrogen-bond donors (Lipinski definition) is 1. The minimum Gasteiger partial charge on any atom is -0.497 e. The fourth-order valence-corrected chi connectivity index (χ4v) is 3.95. The van der Waals surface area contributed by atoms with Crippen molar-refractivity contribution < 1.29 is 4.74 Å². The summed E-state index contributed by atoms with van der Waals surface area (Å²) in [6.07, 6.45) is 3.33. The van der Waals surface area contributed by atoms with Crippen LogP contribution in [0.3, 0.4) is 0 Å². The van der Waals surface area contributed by atoms with Crippen LogP contribution in [0.1, 0.15) is 30.0 Å². The zero-order chi connectivity index (χ0) is 18.9. The molecule has 0 saturated carbocycles. The van der Waals surface area contributed by atoms with Crippen LogP contribution in [0.25, 0.3) is 0 Å². The molecule has 0 bridgehead atoms. The summed E-state index contributed by atoms with van der Waals surface area (Å²) in [6.45, 7) is 6.43. The molecule has 4 nitrogen and oxygen atoms in total. The van der Waals surface area contributed by atoms with Gasteiger partial charge in [0.15, 0.2) is 0 Å². The Hall–Kier alpha value is -1.88. The molecule has 1 aliphatic heterocycles. The van der Waals surface area contributed by atoms with Gasteiger partial charge in [0.25, 0.3) is 0 Å². The topological polar surface area (TPSA) is 41.7 Å². The first-order chi connectivity index (χ1) is 13.3. The van der Waals surface area contributed by atoms with Gasteiger partial charge in [-0.25, -0.2) is 0 Å². The van der Waals surface area contributed by atoms with Crippen molar-refractivity contribution in [2.45, 2.75) is 25.3 Å². The van der Waals surface area contributed by atoms with E-state index in [0.717, 1.165) is 64.3 Å². The van der Waals surface area contributed by atoms with Crippen molar-refractivity contribution in [3.05, 3.63) is 65.7 Å². The Morgan fingerprint density at radius 2 is 1.67 bits per heavy atom. The maximum Gasteiger partial charge on any atom is 0.118 e. The highest BCUT2D eigenvalue weighted by atomic mass is 16.5. The number of methoxy groups -OCH3 is 1. The Balaban J connectivity index is 1.67. The summed E-state index contributed by atoms with van der Waals surface area (Å²) in [5, 5.41) is 0. The Kier molecular flexibility index (Phi) is 7.69. The van der Waals surface area contributed by atoms with Crippen molar-refractivity contribution in [1.29, 1.82) is 0 Å². The number of benzene rings is 2. The molecule has 146 valence electrons. The van der Waals surface area contributed by atoms with Crippen LogP contribution in [0.15, 0.2) is 54.6 Å². The molecule has 0 aliphatic carbocycles. The molecule has 1 heterocycles. The number of ether oxygens (including phenoxy) is 1. The van der Waals surface area contributed by atoms with E-state index in [1.54, 1.807) is 7.11 Å². The van der Waals surface area contributed by atoms with E-state index in [-0.39, 0.29) is 0 Å². The molecule has 1 atom stereocenters. The summed E-state index contributed by atoms with van der Waals surface area (Å²) in [6, 6.07) is 19.9. The molecule has 1 fully saturated rings. The second-order valence-corrected chi connectivity index (χ2v) is 7.33. The van der Waals surface area contributed by atoms with Crippen LogP contribution < -0.4 is 10.5 Å². The maximum atomic E-state index is 5.67. The molecule has 2 N–H and O–H groups in total. The molecule has 2 aromatic carbocycles. The zero-order valence-corrected chi connectivity index (χ0v) is 16.5. The van der Waals surface area contributed by atoms with E-state index in [0.29, 0.717) is 6.04 Å². The van der Waals surface area contributed by atoms with Gasteiger partial charge < -0.3 is 15.4 Å². The normalized spacial score (nSPS) is 17.0. The summed E-state index contributed by atoms with van der Waals surface area (Å²) in [7, 11) is 1.72. The lowest BCUT2D eigenvalue weighted by Gasteiger charge is -2.39. The van der Waals surface area contributed by atoms with Crippen molar-refractivity contribution >= 4 is 0 Å². The van der Waals surface area contributed by atoms with Crippen LogP contribution in [0.4, 0.5) is 0 Å². The summed E-state index contributed by atoms with van der Waals surface area (Å²) in [5.74, 6) is 0.923. The summed E-state index contributed by atoms with van der Waals surface area (Å²) in [5.41, 5.74) is 8.47. The van der Waals surface area contributed by atoms with Gasteiger partial charge >= 0.3 is 0 Å². The number of hydrogen-bond acceptors (Lipinski definition) is 4. The first kappa shape index (κ1) is 19.9. The number of nitrogens with two attached hydrogens (primary N) is 1. The van der Waals surface area contributed by atoms with Crippen molar-refractivity contribution in [3.8, 4) is 5.75 Å². The highest BCUT2D eigenvalue weighted by molar-refractivity contribution is 5.29. The number of nitrogens with zero attached hydrogens (tertiary/aromatic N) is 2. The second kappa shape index (κ2) is 10.5. The Morgan fingerprint density at radius 3 is 2.30 bits per heavy atom. The molecule has 2 aromatic rings. The van der Waals surface area contributed by atoms with Gasteiger partial charge in [-0.3, -0.25) is 4.90 Å². The van der Waals surface area contributed by atoms with Crippen LogP contribution >= 0.6 is 0 Å². The lowest BCUT2D eigenvalue weighted by molar-refractivity contribution is 0.0915. The van der Waals surface area contributed by atoms with E-state index in [2.05, 4.69) is 64.4 Å². The molecular weight excluding hydrogens is 334 g/mol. The highest BCUT2D eigenvalue weighted by Gasteiger charge is 2.24. The summed E-state index contributed by atoms with van der Waals surface area (Å²) >= 11 is 0. The van der Waals surface area contributed by atoms with Gasteiger partial charge in [-0.2, -0.15) is 0 Å². The fraction of sp³-hybridized carbons (Fsp3) is 0.478. The predicted molar refractivity (Wildman–Crippen MR) is 112 cm³/mol. The van der Waals surface area contributed by atoms with E-state index in [4.69, 9.17) is 10.5 Å². The Morgan fingerprint density at radius 1 is 0.963 bits per heavy atom. The van der Waals surface area contributed by atoms with Crippen molar-refractivity contribution in [3.63, 3.8) is 0 Å². The molecular formula is C23H33N3O. The predicted octanol–water partition coefficient (Wildman–Crippen LogP) is 3.34. The SMILES string of the molecule is COc1ccc(C(CCc2ccccc2)N2CCN(CCCN)CC2)cc1. The monoisotopic (exact) mass is 367 g/mol. The van der Waals surface area contributed by atoms with Gasteiger partial charge in [0.05, 0.1) is 7.11 Å². The van der Waals surface area contributed by atoms with Crippen LogP contribution in [0.5, 0.6) is 5.75 Å². The van der Waals surface area contributed by atoms with E-state index in [1.807, 2.05) is 0 Å². The lowest BCUT2D eigenvalue weighted by Crippen LogP contribution is -2.48. The number of rotatable bonds is 9. The number of piperazine rings is 1. The molecule has 3 rings (SSSR count). The number of aryl methyl sites for hydroxylation is 1. The first-order valence-electron chi connectivity index (χ1n) is 10.1. The fourth-order valence-electron chi connectivity index (χ4n) is 3.95. The minimum atomic E-state index is 0.452. The van der Waals surface area contributed by atoms with Gasteiger partial charge in [0.2, 0.25) is 0 Å². The Bertz CT molecular complexity index is 651. The van der Waals surface area contributed by atoms with E-state index in [9.17, 15) is 0 Å². The molecule has 1 unspecified atom stereocenters. The quantitative estimate of drug-likeness (QED) is 0.738. The molecule has 0 amide bonds. The van der Waals surface area contributed by atoms with Crippen LogP contribution in [0.2, 0.25) is 0 Å². The smallest absolute Gasteiger partial charge is 0.118 e. The first-order valence-corrected chi connectivity index (χ1v) is 10.1. The van der Waals surface area contributed by atoms with Gasteiger partial charge in [-0.15, -0.1) is 0 Å². The van der Waals surface area contributed by atoms with Crippen molar-refractivity contribution in [2.24, 2.45) is 5.73 Å². The maximum absolute atomic E-state index is 5.67. The molecule has 1 saturated heterocycles. The van der Waals surface area contributed by atoms with Crippen LogP contribution in [-0.2, 0) is 6.42 Å². The lowest BCUT2D eigenvalue weighted by atomic mass is 9.96. The van der Waals surface area contributed by atoms with Crippen LogP contribution in [-0.4, -0.2) is 56.2 Å². The summed E-state index contributed by atoms with van der Waals surface area (Å²) in [4.78, 5) is 5.20. The van der Waals surface area contributed by atoms with Gasteiger partial charge in [-0.05, 0) is 55.6 Å². The molecule has 1 aliphatic rings. The third-order valence-corrected chi connectivity index (χ3v) is 5.58. The molecule has 4 heteroatoms. The van der Waals surface area contributed by atoms with Gasteiger partial charge in [0.1, 0.15) is 5.75 Å². The molecule has 0 radical (unpaired) electrons.